The third-order valence-corrected chi connectivity index (χ3v) is 2.40. The molecule has 0 fully saturated rings. The fourth-order valence-electron chi connectivity index (χ4n) is 1.16. The van der Waals surface area contributed by atoms with Gasteiger partial charge in [0.05, 0.1) is 0 Å². The van der Waals surface area contributed by atoms with Crippen molar-refractivity contribution in [1.29, 1.82) is 0 Å². The van der Waals surface area contributed by atoms with Gasteiger partial charge in [-0.3, -0.25) is 4.79 Å². The van der Waals surface area contributed by atoms with Gasteiger partial charge in [-0.1, -0.05) is 6.07 Å². The predicted octanol–water partition coefficient (Wildman–Crippen LogP) is 1.60. The molecule has 0 saturated heterocycles. The molecule has 0 bridgehead atoms. The number of carbonyl (C=O) groups excluding carboxylic acids is 1. The Morgan fingerprint density at radius 3 is 2.62 bits per heavy atom. The Labute approximate surface area is 94.8 Å². The number of aryl methyl sites for hydroxylation is 1. The number of nitrogens with one attached hydrogen (secondary N) is 1. The number of hydrogen-bond acceptors (Lipinski definition) is 2. The SMILES string of the molecule is Cc1ccc(C(=O)NC(C)(C)CN)cc1F. The second kappa shape index (κ2) is 4.61. The molecule has 0 aliphatic rings. The molecular formula is C12H17FN2O. The molecule has 0 unspecified atom stereocenters. The number of nitrogens with two attached hydrogens (primary N) is 1. The van der Waals surface area contributed by atoms with Crippen LogP contribution in [0.2, 0.25) is 0 Å². The zero-order chi connectivity index (χ0) is 12.3. The topological polar surface area (TPSA) is 55.1 Å². The van der Waals surface area contributed by atoms with Crippen molar-refractivity contribution in [3.63, 3.8) is 0 Å². The van der Waals surface area contributed by atoms with Crippen molar-refractivity contribution in [2.24, 2.45) is 5.73 Å². The molecule has 0 heterocycles. The average Bonchev–Trinajstić information content (AvgIpc) is 2.21. The highest BCUT2D eigenvalue weighted by Crippen LogP contribution is 2.10. The number of amides is 1. The molecule has 0 radical (unpaired) electrons. The Hall–Kier alpha value is -1.42. The van der Waals surface area contributed by atoms with E-state index < -0.39 is 5.54 Å². The minimum Gasteiger partial charge on any atom is -0.346 e. The first-order chi connectivity index (χ1) is 7.35. The molecule has 1 rings (SSSR count). The maximum absolute atomic E-state index is 13.2. The molecule has 0 atom stereocenters. The molecule has 0 aromatic heterocycles. The van der Waals surface area contributed by atoms with Crippen LogP contribution in [-0.2, 0) is 0 Å². The first-order valence-electron chi connectivity index (χ1n) is 5.14. The molecular weight excluding hydrogens is 207 g/mol. The zero-order valence-corrected chi connectivity index (χ0v) is 9.80. The first kappa shape index (κ1) is 12.6. The molecule has 1 aromatic carbocycles. The lowest BCUT2D eigenvalue weighted by molar-refractivity contribution is 0.0915. The molecule has 3 N–H and O–H groups in total. The summed E-state index contributed by atoms with van der Waals surface area (Å²) in [6.07, 6.45) is 0. The minimum absolute atomic E-state index is 0.310. The molecule has 16 heavy (non-hydrogen) atoms. The third-order valence-electron chi connectivity index (χ3n) is 2.40. The molecule has 4 heteroatoms. The van der Waals surface area contributed by atoms with Crippen molar-refractivity contribution in [2.75, 3.05) is 6.54 Å². The molecule has 0 aliphatic carbocycles. The summed E-state index contributed by atoms with van der Waals surface area (Å²) in [5.74, 6) is -0.687. The van der Waals surface area contributed by atoms with Gasteiger partial charge in [-0.2, -0.15) is 0 Å². The van der Waals surface area contributed by atoms with Gasteiger partial charge in [0.2, 0.25) is 0 Å². The summed E-state index contributed by atoms with van der Waals surface area (Å²) in [7, 11) is 0. The van der Waals surface area contributed by atoms with E-state index in [0.29, 0.717) is 17.7 Å². The van der Waals surface area contributed by atoms with Crippen molar-refractivity contribution in [1.82, 2.24) is 5.32 Å². The number of hydrogen-bond donors (Lipinski definition) is 2. The monoisotopic (exact) mass is 224 g/mol. The summed E-state index contributed by atoms with van der Waals surface area (Å²) in [6, 6.07) is 4.41. The first-order valence-corrected chi connectivity index (χ1v) is 5.14. The number of rotatable bonds is 3. The highest BCUT2D eigenvalue weighted by Gasteiger charge is 2.19. The lowest BCUT2D eigenvalue weighted by Crippen LogP contribution is -2.48. The molecule has 0 aliphatic heterocycles. The number of benzene rings is 1. The van der Waals surface area contributed by atoms with E-state index in [9.17, 15) is 9.18 Å². The highest BCUT2D eigenvalue weighted by molar-refractivity contribution is 5.94. The van der Waals surface area contributed by atoms with Crippen LogP contribution in [-0.4, -0.2) is 18.0 Å². The van der Waals surface area contributed by atoms with Crippen LogP contribution in [0.5, 0.6) is 0 Å². The molecule has 0 saturated carbocycles. The van der Waals surface area contributed by atoms with E-state index in [-0.39, 0.29) is 11.7 Å². The zero-order valence-electron chi connectivity index (χ0n) is 9.80. The molecule has 1 amide bonds. The van der Waals surface area contributed by atoms with Gasteiger partial charge in [-0.05, 0) is 38.5 Å². The van der Waals surface area contributed by atoms with E-state index in [2.05, 4.69) is 5.32 Å². The lowest BCUT2D eigenvalue weighted by Gasteiger charge is -2.24. The molecule has 0 spiro atoms. The van der Waals surface area contributed by atoms with Crippen molar-refractivity contribution in [3.8, 4) is 0 Å². The van der Waals surface area contributed by atoms with Gasteiger partial charge in [0.15, 0.2) is 0 Å². The van der Waals surface area contributed by atoms with Gasteiger partial charge in [-0.15, -0.1) is 0 Å². The fraction of sp³-hybridized carbons (Fsp3) is 0.417. The normalized spacial score (nSPS) is 11.3. The van der Waals surface area contributed by atoms with Gasteiger partial charge in [0.25, 0.3) is 5.91 Å². The molecule has 88 valence electrons. The Morgan fingerprint density at radius 1 is 1.50 bits per heavy atom. The van der Waals surface area contributed by atoms with Crippen molar-refractivity contribution in [2.45, 2.75) is 26.3 Å². The van der Waals surface area contributed by atoms with E-state index in [0.717, 1.165) is 0 Å². The van der Waals surface area contributed by atoms with Crippen molar-refractivity contribution in [3.05, 3.63) is 35.1 Å². The Morgan fingerprint density at radius 2 is 2.12 bits per heavy atom. The predicted molar refractivity (Wildman–Crippen MR) is 61.7 cm³/mol. The van der Waals surface area contributed by atoms with Crippen molar-refractivity contribution < 1.29 is 9.18 Å². The van der Waals surface area contributed by atoms with Crippen LogP contribution in [0.3, 0.4) is 0 Å². The Bertz CT molecular complexity index is 402. The quantitative estimate of drug-likeness (QED) is 0.819. The molecule has 3 nitrogen and oxygen atoms in total. The smallest absolute Gasteiger partial charge is 0.251 e. The fourth-order valence-corrected chi connectivity index (χ4v) is 1.16. The van der Waals surface area contributed by atoms with Gasteiger partial charge in [0, 0.05) is 17.6 Å². The summed E-state index contributed by atoms with van der Waals surface area (Å²) in [6.45, 7) is 5.61. The van der Waals surface area contributed by atoms with Crippen LogP contribution in [0.4, 0.5) is 4.39 Å². The molecule has 1 aromatic rings. The van der Waals surface area contributed by atoms with E-state index in [1.807, 2.05) is 13.8 Å². The van der Waals surface area contributed by atoms with Crippen molar-refractivity contribution >= 4 is 5.91 Å². The van der Waals surface area contributed by atoms with Crippen LogP contribution in [0.15, 0.2) is 18.2 Å². The van der Waals surface area contributed by atoms with E-state index in [1.165, 1.54) is 6.07 Å². The van der Waals surface area contributed by atoms with E-state index >= 15 is 0 Å². The second-order valence-electron chi connectivity index (χ2n) is 4.51. The summed E-state index contributed by atoms with van der Waals surface area (Å²) >= 11 is 0. The third kappa shape index (κ3) is 3.03. The van der Waals surface area contributed by atoms with E-state index in [4.69, 9.17) is 5.73 Å². The van der Waals surface area contributed by atoms with Gasteiger partial charge in [0.1, 0.15) is 5.82 Å². The standard InChI is InChI=1S/C12H17FN2O/c1-8-4-5-9(6-10(8)13)11(16)15-12(2,3)7-14/h4-6H,7,14H2,1-3H3,(H,15,16). The van der Waals surface area contributed by atoms with E-state index in [1.54, 1.807) is 19.1 Å². The van der Waals surface area contributed by atoms with Gasteiger partial charge >= 0.3 is 0 Å². The average molecular weight is 224 g/mol. The Kier molecular flexibility index (Phi) is 3.65. The van der Waals surface area contributed by atoms with Crippen LogP contribution in [0, 0.1) is 12.7 Å². The number of halogens is 1. The van der Waals surface area contributed by atoms with Gasteiger partial charge < -0.3 is 11.1 Å². The number of carbonyl (C=O) groups is 1. The summed E-state index contributed by atoms with van der Waals surface area (Å²) in [5, 5.41) is 2.74. The maximum Gasteiger partial charge on any atom is 0.251 e. The summed E-state index contributed by atoms with van der Waals surface area (Å²) in [4.78, 5) is 11.7. The highest BCUT2D eigenvalue weighted by atomic mass is 19.1. The summed E-state index contributed by atoms with van der Waals surface area (Å²) < 4.78 is 13.2. The largest absolute Gasteiger partial charge is 0.346 e. The minimum atomic E-state index is -0.488. The van der Waals surface area contributed by atoms with Crippen LogP contribution >= 0.6 is 0 Å². The van der Waals surface area contributed by atoms with Crippen LogP contribution in [0.1, 0.15) is 29.8 Å². The van der Waals surface area contributed by atoms with Crippen LogP contribution in [0.25, 0.3) is 0 Å². The lowest BCUT2D eigenvalue weighted by atomic mass is 10.0. The maximum atomic E-state index is 13.2. The van der Waals surface area contributed by atoms with Crippen LogP contribution < -0.4 is 11.1 Å². The summed E-state index contributed by atoms with van der Waals surface area (Å²) in [5.41, 5.74) is 5.84. The Balaban J connectivity index is 2.85. The van der Waals surface area contributed by atoms with Gasteiger partial charge in [-0.25, -0.2) is 4.39 Å². The second-order valence-corrected chi connectivity index (χ2v) is 4.51.